The molecule has 3 aromatic rings. The Morgan fingerprint density at radius 3 is 2.46 bits per heavy atom. The van der Waals surface area contributed by atoms with Crippen LogP contribution in [0.25, 0.3) is 0 Å². The molecule has 7 nitrogen and oxygen atoms in total. The van der Waals surface area contributed by atoms with E-state index in [0.29, 0.717) is 17.5 Å². The van der Waals surface area contributed by atoms with Gasteiger partial charge in [0.05, 0.1) is 12.7 Å². The second kappa shape index (κ2) is 7.93. The zero-order valence-electron chi connectivity index (χ0n) is 16.3. The van der Waals surface area contributed by atoms with Crippen molar-refractivity contribution in [2.75, 3.05) is 10.6 Å². The number of anilines is 2. The highest BCUT2D eigenvalue weighted by molar-refractivity contribution is 7.14. The number of carbonyl (C=O) groups excluding carboxylic acids is 2. The lowest BCUT2D eigenvalue weighted by molar-refractivity contribution is -0.114. The first-order valence-electron chi connectivity index (χ1n) is 8.88. The smallest absolute Gasteiger partial charge is 0.276 e. The highest BCUT2D eigenvalue weighted by atomic mass is 32.1. The van der Waals surface area contributed by atoms with Crippen LogP contribution in [0, 0.1) is 0 Å². The van der Waals surface area contributed by atoms with Crippen LogP contribution in [0.3, 0.4) is 0 Å². The number of rotatable bonds is 5. The van der Waals surface area contributed by atoms with Gasteiger partial charge in [0.15, 0.2) is 5.13 Å². The van der Waals surface area contributed by atoms with Crippen molar-refractivity contribution in [1.82, 2.24) is 14.8 Å². The molecule has 0 fully saturated rings. The summed E-state index contributed by atoms with van der Waals surface area (Å²) >= 11 is 1.20. The molecule has 8 heteroatoms. The quantitative estimate of drug-likeness (QED) is 0.683. The SMILES string of the molecule is CC(=O)Nc1nc(C(=O)Nc2ccnn2Cc2ccc(C(C)(C)C)cc2)cs1. The van der Waals surface area contributed by atoms with Gasteiger partial charge in [-0.2, -0.15) is 5.10 Å². The van der Waals surface area contributed by atoms with Crippen LogP contribution in [0.15, 0.2) is 41.9 Å². The number of nitrogens with zero attached hydrogens (tertiary/aromatic N) is 3. The third-order valence-corrected chi connectivity index (χ3v) is 4.89. The highest BCUT2D eigenvalue weighted by Crippen LogP contribution is 2.23. The van der Waals surface area contributed by atoms with Gasteiger partial charge < -0.3 is 10.6 Å². The Bertz CT molecular complexity index is 983. The van der Waals surface area contributed by atoms with E-state index in [2.05, 4.69) is 65.8 Å². The van der Waals surface area contributed by atoms with Crippen LogP contribution in [0.5, 0.6) is 0 Å². The second-order valence-electron chi connectivity index (χ2n) is 7.49. The fraction of sp³-hybridized carbons (Fsp3) is 0.300. The summed E-state index contributed by atoms with van der Waals surface area (Å²) in [7, 11) is 0. The number of thiazole rings is 1. The molecule has 3 rings (SSSR count). The number of aromatic nitrogens is 3. The Morgan fingerprint density at radius 2 is 1.82 bits per heavy atom. The maximum Gasteiger partial charge on any atom is 0.276 e. The van der Waals surface area contributed by atoms with Crippen LogP contribution in [-0.4, -0.2) is 26.6 Å². The Hall–Kier alpha value is -3.00. The third-order valence-electron chi connectivity index (χ3n) is 4.13. The molecule has 2 aromatic heterocycles. The van der Waals surface area contributed by atoms with Gasteiger partial charge in [0.2, 0.25) is 5.91 Å². The summed E-state index contributed by atoms with van der Waals surface area (Å²) in [6.45, 7) is 8.48. The molecule has 0 bridgehead atoms. The molecule has 0 saturated carbocycles. The highest BCUT2D eigenvalue weighted by Gasteiger charge is 2.15. The zero-order valence-corrected chi connectivity index (χ0v) is 17.1. The van der Waals surface area contributed by atoms with E-state index in [1.54, 1.807) is 22.3 Å². The fourth-order valence-corrected chi connectivity index (χ4v) is 3.35. The van der Waals surface area contributed by atoms with Gasteiger partial charge in [0.1, 0.15) is 11.5 Å². The van der Waals surface area contributed by atoms with Crippen LogP contribution >= 0.6 is 11.3 Å². The molecular formula is C20H23N5O2S. The lowest BCUT2D eigenvalue weighted by Gasteiger charge is -2.19. The number of amides is 2. The van der Waals surface area contributed by atoms with Gasteiger partial charge in [0, 0.05) is 18.4 Å². The van der Waals surface area contributed by atoms with E-state index in [4.69, 9.17) is 0 Å². The summed E-state index contributed by atoms with van der Waals surface area (Å²) in [5.41, 5.74) is 2.71. The fourth-order valence-electron chi connectivity index (χ4n) is 2.61. The molecule has 0 aliphatic carbocycles. The van der Waals surface area contributed by atoms with Gasteiger partial charge in [-0.3, -0.25) is 9.59 Å². The van der Waals surface area contributed by atoms with Crippen LogP contribution < -0.4 is 10.6 Å². The van der Waals surface area contributed by atoms with Crippen molar-refractivity contribution in [3.63, 3.8) is 0 Å². The summed E-state index contributed by atoms with van der Waals surface area (Å²) in [5, 5.41) is 11.7. The standard InChI is InChI=1S/C20H23N5O2S/c1-13(26)22-19-23-16(12-28-19)18(27)24-17-9-10-21-25(17)11-14-5-7-15(8-6-14)20(2,3)4/h5-10,12H,11H2,1-4H3,(H,24,27)(H,22,23,26). The molecule has 2 amide bonds. The monoisotopic (exact) mass is 397 g/mol. The van der Waals surface area contributed by atoms with E-state index in [1.165, 1.54) is 23.8 Å². The minimum absolute atomic E-state index is 0.104. The predicted molar refractivity (Wildman–Crippen MR) is 111 cm³/mol. The molecule has 0 aliphatic rings. The molecule has 0 aliphatic heterocycles. The van der Waals surface area contributed by atoms with Crippen molar-refractivity contribution in [3.8, 4) is 0 Å². The molecule has 0 saturated heterocycles. The average Bonchev–Trinajstić information content (AvgIpc) is 3.24. The second-order valence-corrected chi connectivity index (χ2v) is 8.35. The number of nitrogens with one attached hydrogen (secondary N) is 2. The first kappa shape index (κ1) is 19.8. The van der Waals surface area contributed by atoms with Crippen LogP contribution in [0.2, 0.25) is 0 Å². The first-order valence-corrected chi connectivity index (χ1v) is 9.76. The molecule has 0 atom stereocenters. The number of benzene rings is 1. The molecule has 146 valence electrons. The van der Waals surface area contributed by atoms with E-state index in [0.717, 1.165) is 5.56 Å². The topological polar surface area (TPSA) is 88.9 Å². The minimum atomic E-state index is -0.349. The zero-order chi connectivity index (χ0) is 20.3. The van der Waals surface area contributed by atoms with Crippen molar-refractivity contribution >= 4 is 34.1 Å². The maximum absolute atomic E-state index is 12.5. The lowest BCUT2D eigenvalue weighted by Crippen LogP contribution is -2.17. The molecule has 1 aromatic carbocycles. The molecule has 28 heavy (non-hydrogen) atoms. The van der Waals surface area contributed by atoms with Crippen molar-refractivity contribution in [2.24, 2.45) is 0 Å². The molecule has 0 radical (unpaired) electrons. The van der Waals surface area contributed by atoms with E-state index in [1.807, 2.05) is 0 Å². The molecular weight excluding hydrogens is 374 g/mol. The number of hydrogen-bond donors (Lipinski definition) is 2. The van der Waals surface area contributed by atoms with Crippen LogP contribution in [-0.2, 0) is 16.8 Å². The van der Waals surface area contributed by atoms with Gasteiger partial charge in [-0.25, -0.2) is 9.67 Å². The minimum Gasteiger partial charge on any atom is -0.305 e. The largest absolute Gasteiger partial charge is 0.305 e. The van der Waals surface area contributed by atoms with Crippen molar-refractivity contribution in [3.05, 3.63) is 58.7 Å². The Balaban J connectivity index is 1.69. The van der Waals surface area contributed by atoms with Crippen molar-refractivity contribution in [2.45, 2.75) is 39.7 Å². The molecule has 0 spiro atoms. The molecule has 2 heterocycles. The molecule has 2 N–H and O–H groups in total. The van der Waals surface area contributed by atoms with Gasteiger partial charge in [-0.1, -0.05) is 45.0 Å². The summed E-state index contributed by atoms with van der Waals surface area (Å²) in [6.07, 6.45) is 1.64. The van der Waals surface area contributed by atoms with Crippen molar-refractivity contribution < 1.29 is 9.59 Å². The average molecular weight is 398 g/mol. The van der Waals surface area contributed by atoms with E-state index in [-0.39, 0.29) is 22.9 Å². The van der Waals surface area contributed by atoms with E-state index >= 15 is 0 Å². The predicted octanol–water partition coefficient (Wildman–Crippen LogP) is 3.90. The van der Waals surface area contributed by atoms with E-state index < -0.39 is 0 Å². The van der Waals surface area contributed by atoms with Crippen LogP contribution in [0.4, 0.5) is 10.9 Å². The van der Waals surface area contributed by atoms with Gasteiger partial charge in [0.25, 0.3) is 5.91 Å². The molecule has 0 unspecified atom stereocenters. The van der Waals surface area contributed by atoms with Crippen molar-refractivity contribution in [1.29, 1.82) is 0 Å². The Morgan fingerprint density at radius 1 is 1.11 bits per heavy atom. The lowest BCUT2D eigenvalue weighted by atomic mass is 9.87. The summed E-state index contributed by atoms with van der Waals surface area (Å²) in [6, 6.07) is 10.1. The number of hydrogen-bond acceptors (Lipinski definition) is 5. The first-order chi connectivity index (χ1) is 13.2. The summed E-state index contributed by atoms with van der Waals surface area (Å²) < 4.78 is 1.73. The van der Waals surface area contributed by atoms with E-state index in [9.17, 15) is 9.59 Å². The maximum atomic E-state index is 12.5. The van der Waals surface area contributed by atoms with Gasteiger partial charge >= 0.3 is 0 Å². The summed E-state index contributed by atoms with van der Waals surface area (Å²) in [4.78, 5) is 27.7. The van der Waals surface area contributed by atoms with Crippen LogP contribution in [0.1, 0.15) is 49.3 Å². The third kappa shape index (κ3) is 4.83. The Kier molecular flexibility index (Phi) is 5.60. The van der Waals surface area contributed by atoms with Gasteiger partial charge in [-0.05, 0) is 16.5 Å². The van der Waals surface area contributed by atoms with Gasteiger partial charge in [-0.15, -0.1) is 11.3 Å². The normalized spacial score (nSPS) is 11.3. The Labute approximate surface area is 167 Å². The number of carbonyl (C=O) groups is 2. The summed E-state index contributed by atoms with van der Waals surface area (Å²) in [5.74, 6) is 0.00789.